The SMILES string of the molecule is CC(C)(CO)CO.O.O. The van der Waals surface area contributed by atoms with E-state index < -0.39 is 0 Å². The number of aliphatic hydroxyl groups is 2. The number of rotatable bonds is 2. The van der Waals surface area contributed by atoms with Gasteiger partial charge in [-0.1, -0.05) is 13.8 Å². The smallest absolute Gasteiger partial charge is 0.0504 e. The summed E-state index contributed by atoms with van der Waals surface area (Å²) >= 11 is 0. The van der Waals surface area contributed by atoms with Crippen molar-refractivity contribution in [2.75, 3.05) is 13.2 Å². The van der Waals surface area contributed by atoms with Crippen molar-refractivity contribution in [2.45, 2.75) is 13.8 Å². The van der Waals surface area contributed by atoms with Gasteiger partial charge in [-0.3, -0.25) is 0 Å². The van der Waals surface area contributed by atoms with E-state index in [9.17, 15) is 0 Å². The number of hydrogen-bond donors (Lipinski definition) is 2. The molecule has 0 atom stereocenters. The summed E-state index contributed by atoms with van der Waals surface area (Å²) in [4.78, 5) is 0. The fourth-order valence-electron chi connectivity index (χ4n) is 0.0500. The molecule has 0 amide bonds. The van der Waals surface area contributed by atoms with Crippen LogP contribution in [0.3, 0.4) is 0 Å². The number of hydrogen-bond acceptors (Lipinski definition) is 2. The molecule has 0 aliphatic carbocycles. The molecular formula is C5H16O4. The van der Waals surface area contributed by atoms with E-state index >= 15 is 0 Å². The predicted molar refractivity (Wildman–Crippen MR) is 35.2 cm³/mol. The van der Waals surface area contributed by atoms with Gasteiger partial charge in [-0.15, -0.1) is 0 Å². The molecule has 0 spiro atoms. The lowest BCUT2D eigenvalue weighted by Crippen LogP contribution is -2.20. The van der Waals surface area contributed by atoms with E-state index in [1.165, 1.54) is 0 Å². The van der Waals surface area contributed by atoms with Gasteiger partial charge >= 0.3 is 0 Å². The minimum atomic E-state index is -0.306. The molecule has 4 heteroatoms. The van der Waals surface area contributed by atoms with E-state index in [0.717, 1.165) is 0 Å². The standard InChI is InChI=1S/C5H12O2.2H2O/c1-5(2,3-6)4-7;;/h6-7H,3-4H2,1-2H3;2*1H2. The summed E-state index contributed by atoms with van der Waals surface area (Å²) < 4.78 is 0. The van der Waals surface area contributed by atoms with Crippen LogP contribution < -0.4 is 0 Å². The third-order valence-corrected chi connectivity index (χ3v) is 0.856. The van der Waals surface area contributed by atoms with Gasteiger partial charge in [0.2, 0.25) is 0 Å². The van der Waals surface area contributed by atoms with Crippen LogP contribution in [-0.2, 0) is 0 Å². The van der Waals surface area contributed by atoms with Crippen molar-refractivity contribution in [3.05, 3.63) is 0 Å². The molecule has 0 fully saturated rings. The maximum atomic E-state index is 8.43. The molecule has 0 aromatic heterocycles. The first-order valence-corrected chi connectivity index (χ1v) is 2.34. The van der Waals surface area contributed by atoms with Gasteiger partial charge in [0.25, 0.3) is 0 Å². The van der Waals surface area contributed by atoms with E-state index in [2.05, 4.69) is 0 Å². The van der Waals surface area contributed by atoms with Crippen molar-refractivity contribution < 1.29 is 21.2 Å². The minimum absolute atomic E-state index is 0. The zero-order valence-corrected chi connectivity index (χ0v) is 5.81. The first kappa shape index (κ1) is 15.9. The van der Waals surface area contributed by atoms with Gasteiger partial charge in [0.15, 0.2) is 0 Å². The van der Waals surface area contributed by atoms with Gasteiger partial charge in [0.05, 0.1) is 13.2 Å². The Bertz CT molecular complexity index is 46.9. The summed E-state index contributed by atoms with van der Waals surface area (Å²) in [7, 11) is 0. The highest BCUT2D eigenvalue weighted by Crippen LogP contribution is 2.10. The van der Waals surface area contributed by atoms with Gasteiger partial charge in [-0.05, 0) is 0 Å². The Morgan fingerprint density at radius 1 is 1.00 bits per heavy atom. The summed E-state index contributed by atoms with van der Waals surface area (Å²) in [5, 5.41) is 16.9. The summed E-state index contributed by atoms with van der Waals surface area (Å²) in [6.07, 6.45) is 0. The molecule has 0 heterocycles. The normalized spacial score (nSPS) is 9.33. The Morgan fingerprint density at radius 2 is 1.22 bits per heavy atom. The molecule has 4 nitrogen and oxygen atoms in total. The molecule has 0 aromatic carbocycles. The van der Waals surface area contributed by atoms with Crippen LogP contribution >= 0.6 is 0 Å². The molecule has 0 saturated heterocycles. The third kappa shape index (κ3) is 7.84. The van der Waals surface area contributed by atoms with Crippen LogP contribution in [0, 0.1) is 5.41 Å². The van der Waals surface area contributed by atoms with Crippen molar-refractivity contribution in [3.8, 4) is 0 Å². The van der Waals surface area contributed by atoms with Crippen molar-refractivity contribution in [2.24, 2.45) is 5.41 Å². The molecule has 0 aliphatic rings. The molecule has 0 unspecified atom stereocenters. The second-order valence-electron chi connectivity index (χ2n) is 2.48. The first-order valence-electron chi connectivity index (χ1n) is 2.34. The van der Waals surface area contributed by atoms with Crippen molar-refractivity contribution >= 4 is 0 Å². The maximum Gasteiger partial charge on any atom is 0.0504 e. The fourth-order valence-corrected chi connectivity index (χ4v) is 0.0500. The van der Waals surface area contributed by atoms with E-state index in [4.69, 9.17) is 10.2 Å². The van der Waals surface area contributed by atoms with Gasteiger partial charge in [0, 0.05) is 5.41 Å². The highest BCUT2D eigenvalue weighted by molar-refractivity contribution is 4.62. The van der Waals surface area contributed by atoms with Crippen molar-refractivity contribution in [1.29, 1.82) is 0 Å². The topological polar surface area (TPSA) is 103 Å². The molecular weight excluding hydrogens is 124 g/mol. The quantitative estimate of drug-likeness (QED) is 0.479. The number of aliphatic hydroxyl groups excluding tert-OH is 2. The van der Waals surface area contributed by atoms with E-state index in [-0.39, 0.29) is 29.6 Å². The van der Waals surface area contributed by atoms with Crippen LogP contribution in [0.15, 0.2) is 0 Å². The molecule has 0 aromatic rings. The highest BCUT2D eigenvalue weighted by atomic mass is 16.3. The lowest BCUT2D eigenvalue weighted by molar-refractivity contribution is 0.0857. The largest absolute Gasteiger partial charge is 0.412 e. The lowest BCUT2D eigenvalue weighted by Gasteiger charge is -2.16. The monoisotopic (exact) mass is 140 g/mol. The lowest BCUT2D eigenvalue weighted by atomic mass is 9.97. The van der Waals surface area contributed by atoms with Crippen LogP contribution in [-0.4, -0.2) is 34.4 Å². The van der Waals surface area contributed by atoms with Crippen molar-refractivity contribution in [3.63, 3.8) is 0 Å². The minimum Gasteiger partial charge on any atom is -0.412 e. The zero-order chi connectivity index (χ0) is 5.91. The van der Waals surface area contributed by atoms with Gasteiger partial charge < -0.3 is 21.2 Å². The van der Waals surface area contributed by atoms with E-state index in [0.29, 0.717) is 0 Å². The Labute approximate surface area is 54.7 Å². The average molecular weight is 140 g/mol. The van der Waals surface area contributed by atoms with Crippen LogP contribution in [0.4, 0.5) is 0 Å². The molecule has 0 saturated carbocycles. The average Bonchev–Trinajstić information content (AvgIpc) is 1.68. The summed E-state index contributed by atoms with van der Waals surface area (Å²) in [5.74, 6) is 0. The van der Waals surface area contributed by atoms with Crippen LogP contribution in [0.25, 0.3) is 0 Å². The first-order chi connectivity index (χ1) is 3.12. The molecule has 60 valence electrons. The molecule has 0 bridgehead atoms. The third-order valence-electron chi connectivity index (χ3n) is 0.856. The Morgan fingerprint density at radius 3 is 1.22 bits per heavy atom. The molecule has 0 radical (unpaired) electrons. The van der Waals surface area contributed by atoms with Crippen LogP contribution in [0.5, 0.6) is 0 Å². The molecule has 0 aliphatic heterocycles. The van der Waals surface area contributed by atoms with Crippen molar-refractivity contribution in [1.82, 2.24) is 0 Å². The summed E-state index contributed by atoms with van der Waals surface area (Å²) in [5.41, 5.74) is -0.306. The predicted octanol–water partition coefficient (Wildman–Crippen LogP) is -1.65. The Balaban J connectivity index is -0.000000180. The van der Waals surface area contributed by atoms with E-state index in [1.807, 2.05) is 0 Å². The Hall–Kier alpha value is -0.160. The van der Waals surface area contributed by atoms with Gasteiger partial charge in [-0.25, -0.2) is 0 Å². The molecule has 6 N–H and O–H groups in total. The van der Waals surface area contributed by atoms with Gasteiger partial charge in [-0.2, -0.15) is 0 Å². The second kappa shape index (κ2) is 5.97. The zero-order valence-electron chi connectivity index (χ0n) is 5.81. The fraction of sp³-hybridized carbons (Fsp3) is 1.00. The summed E-state index contributed by atoms with van der Waals surface area (Å²) in [6, 6.07) is 0. The summed E-state index contributed by atoms with van der Waals surface area (Å²) in [6.45, 7) is 3.69. The molecule has 0 rings (SSSR count). The Kier molecular flexibility index (Phi) is 10.6. The highest BCUT2D eigenvalue weighted by Gasteiger charge is 2.13. The molecule has 9 heavy (non-hydrogen) atoms. The second-order valence-corrected chi connectivity index (χ2v) is 2.48. The van der Waals surface area contributed by atoms with E-state index in [1.54, 1.807) is 13.8 Å². The van der Waals surface area contributed by atoms with Gasteiger partial charge in [0.1, 0.15) is 0 Å². The van der Waals surface area contributed by atoms with Crippen LogP contribution in [0.2, 0.25) is 0 Å². The maximum absolute atomic E-state index is 8.43. The van der Waals surface area contributed by atoms with Crippen LogP contribution in [0.1, 0.15) is 13.8 Å².